The zero-order chi connectivity index (χ0) is 13.3. The molecule has 0 saturated heterocycles. The quantitative estimate of drug-likeness (QED) is 0.607. The fourth-order valence-electron chi connectivity index (χ4n) is 1.51. The van der Waals surface area contributed by atoms with Crippen molar-refractivity contribution in [2.45, 2.75) is 6.18 Å². The number of rotatable bonds is 1. The van der Waals surface area contributed by atoms with Crippen molar-refractivity contribution in [3.8, 4) is 17.0 Å². The number of nitrogen functional groups attached to an aromatic ring is 1. The minimum Gasteiger partial charge on any atom is -0.508 e. The van der Waals surface area contributed by atoms with E-state index in [1.807, 2.05) is 0 Å². The summed E-state index contributed by atoms with van der Waals surface area (Å²) in [4.78, 5) is 3.50. The fourth-order valence-corrected chi connectivity index (χ4v) is 1.51. The summed E-state index contributed by atoms with van der Waals surface area (Å²) in [6.07, 6.45) is -4.51. The minimum absolute atomic E-state index is 0.0678. The minimum atomic E-state index is -4.51. The van der Waals surface area contributed by atoms with E-state index in [-0.39, 0.29) is 22.7 Å². The first-order valence-corrected chi connectivity index (χ1v) is 5.01. The molecule has 18 heavy (non-hydrogen) atoms. The third-order valence-electron chi connectivity index (χ3n) is 2.35. The lowest BCUT2D eigenvalue weighted by Gasteiger charge is -2.09. The van der Waals surface area contributed by atoms with Crippen LogP contribution in [0.1, 0.15) is 5.69 Å². The van der Waals surface area contributed by atoms with Crippen LogP contribution < -0.4 is 5.73 Å². The molecule has 1 aromatic heterocycles. The number of phenols is 1. The standard InChI is InChI=1S/C12H9F3N2O/c13-12(14,15)11-3-1-2-10(17-11)8-6-7(18)4-5-9(8)16/h1-6,18H,16H2. The number of halogens is 3. The number of aromatic nitrogens is 1. The topological polar surface area (TPSA) is 59.1 Å². The average molecular weight is 254 g/mol. The van der Waals surface area contributed by atoms with Crippen LogP contribution in [-0.4, -0.2) is 10.1 Å². The predicted octanol–water partition coefficient (Wildman–Crippen LogP) is 3.06. The Balaban J connectivity index is 2.55. The van der Waals surface area contributed by atoms with Crippen LogP contribution in [0.3, 0.4) is 0 Å². The molecular formula is C12H9F3N2O. The molecule has 2 rings (SSSR count). The molecule has 0 radical (unpaired) electrons. The van der Waals surface area contributed by atoms with Crippen LogP contribution in [0, 0.1) is 0 Å². The SMILES string of the molecule is Nc1ccc(O)cc1-c1cccc(C(F)(F)F)n1. The molecule has 6 heteroatoms. The van der Waals surface area contributed by atoms with Crippen molar-refractivity contribution < 1.29 is 18.3 Å². The van der Waals surface area contributed by atoms with Crippen LogP contribution in [0.15, 0.2) is 36.4 Å². The lowest BCUT2D eigenvalue weighted by atomic mass is 10.1. The molecule has 0 aliphatic carbocycles. The van der Waals surface area contributed by atoms with E-state index in [1.54, 1.807) is 0 Å². The van der Waals surface area contributed by atoms with Crippen LogP contribution in [0.5, 0.6) is 5.75 Å². The molecule has 94 valence electrons. The Morgan fingerprint density at radius 2 is 1.83 bits per heavy atom. The maximum absolute atomic E-state index is 12.5. The van der Waals surface area contributed by atoms with Gasteiger partial charge in [0.15, 0.2) is 0 Å². The van der Waals surface area contributed by atoms with Crippen molar-refractivity contribution in [3.63, 3.8) is 0 Å². The number of hydrogen-bond donors (Lipinski definition) is 2. The molecule has 0 spiro atoms. The smallest absolute Gasteiger partial charge is 0.433 e. The Morgan fingerprint density at radius 3 is 2.50 bits per heavy atom. The maximum atomic E-state index is 12.5. The molecule has 0 saturated carbocycles. The van der Waals surface area contributed by atoms with Gasteiger partial charge in [-0.15, -0.1) is 0 Å². The van der Waals surface area contributed by atoms with Gasteiger partial charge in [-0.1, -0.05) is 6.07 Å². The Hall–Kier alpha value is -2.24. The van der Waals surface area contributed by atoms with E-state index in [2.05, 4.69) is 4.98 Å². The van der Waals surface area contributed by atoms with Crippen molar-refractivity contribution >= 4 is 5.69 Å². The lowest BCUT2D eigenvalue weighted by molar-refractivity contribution is -0.141. The van der Waals surface area contributed by atoms with Gasteiger partial charge in [0.2, 0.25) is 0 Å². The highest BCUT2D eigenvalue weighted by Gasteiger charge is 2.32. The van der Waals surface area contributed by atoms with Gasteiger partial charge in [0.05, 0.1) is 5.69 Å². The molecule has 0 unspecified atom stereocenters. The van der Waals surface area contributed by atoms with Gasteiger partial charge in [-0.3, -0.25) is 0 Å². The first kappa shape index (κ1) is 12.2. The molecule has 0 fully saturated rings. The second kappa shape index (κ2) is 4.21. The third kappa shape index (κ3) is 2.37. The Morgan fingerprint density at radius 1 is 1.11 bits per heavy atom. The molecule has 3 N–H and O–H groups in total. The van der Waals surface area contributed by atoms with Gasteiger partial charge in [0.25, 0.3) is 0 Å². The summed E-state index contributed by atoms with van der Waals surface area (Å²) in [6, 6.07) is 7.56. The number of benzene rings is 1. The van der Waals surface area contributed by atoms with Crippen molar-refractivity contribution in [2.75, 3.05) is 5.73 Å². The average Bonchev–Trinajstić information content (AvgIpc) is 2.31. The third-order valence-corrected chi connectivity index (χ3v) is 2.35. The largest absolute Gasteiger partial charge is 0.508 e. The number of nitrogens with two attached hydrogens (primary N) is 1. The highest BCUT2D eigenvalue weighted by Crippen LogP contribution is 2.32. The van der Waals surface area contributed by atoms with E-state index in [0.29, 0.717) is 0 Å². The zero-order valence-electron chi connectivity index (χ0n) is 9.07. The monoisotopic (exact) mass is 254 g/mol. The van der Waals surface area contributed by atoms with E-state index in [4.69, 9.17) is 5.73 Å². The molecule has 0 atom stereocenters. The fraction of sp³-hybridized carbons (Fsp3) is 0.0833. The summed E-state index contributed by atoms with van der Waals surface area (Å²) in [5.41, 5.74) is 5.23. The summed E-state index contributed by atoms with van der Waals surface area (Å²) in [7, 11) is 0. The Kier molecular flexibility index (Phi) is 2.86. The van der Waals surface area contributed by atoms with E-state index >= 15 is 0 Å². The molecule has 1 aromatic carbocycles. The number of anilines is 1. The van der Waals surface area contributed by atoms with Crippen LogP contribution >= 0.6 is 0 Å². The van der Waals surface area contributed by atoms with Gasteiger partial charge in [-0.2, -0.15) is 13.2 Å². The lowest BCUT2D eigenvalue weighted by Crippen LogP contribution is -2.08. The molecule has 0 amide bonds. The number of aromatic hydroxyl groups is 1. The number of hydrogen-bond acceptors (Lipinski definition) is 3. The Labute approximate surface area is 101 Å². The van der Waals surface area contributed by atoms with E-state index in [1.165, 1.54) is 30.3 Å². The van der Waals surface area contributed by atoms with E-state index in [0.717, 1.165) is 6.07 Å². The second-order valence-electron chi connectivity index (χ2n) is 3.68. The molecule has 1 heterocycles. The van der Waals surface area contributed by atoms with Gasteiger partial charge >= 0.3 is 6.18 Å². The molecule has 0 aliphatic heterocycles. The predicted molar refractivity (Wildman–Crippen MR) is 60.8 cm³/mol. The van der Waals surface area contributed by atoms with Crippen LogP contribution in [0.25, 0.3) is 11.3 Å². The van der Waals surface area contributed by atoms with Crippen LogP contribution in [-0.2, 0) is 6.18 Å². The summed E-state index contributed by atoms with van der Waals surface area (Å²) in [5, 5.41) is 9.32. The molecule has 2 aromatic rings. The summed E-state index contributed by atoms with van der Waals surface area (Å²) in [6.45, 7) is 0. The maximum Gasteiger partial charge on any atom is 0.433 e. The van der Waals surface area contributed by atoms with Crippen molar-refractivity contribution in [3.05, 3.63) is 42.1 Å². The summed E-state index contributed by atoms with van der Waals surface area (Å²) < 4.78 is 37.6. The van der Waals surface area contributed by atoms with Gasteiger partial charge in [-0.25, -0.2) is 4.98 Å². The van der Waals surface area contributed by atoms with Crippen molar-refractivity contribution in [1.29, 1.82) is 0 Å². The molecular weight excluding hydrogens is 245 g/mol. The summed E-state index contributed by atoms with van der Waals surface area (Å²) in [5.74, 6) is -0.0848. The normalized spacial score (nSPS) is 11.5. The van der Waals surface area contributed by atoms with Crippen molar-refractivity contribution in [2.24, 2.45) is 0 Å². The molecule has 0 aliphatic rings. The van der Waals surface area contributed by atoms with Crippen LogP contribution in [0.2, 0.25) is 0 Å². The van der Waals surface area contributed by atoms with Gasteiger partial charge in [0.1, 0.15) is 11.4 Å². The number of nitrogens with zero attached hydrogens (tertiary/aromatic N) is 1. The van der Waals surface area contributed by atoms with Gasteiger partial charge in [0, 0.05) is 11.3 Å². The number of pyridine rings is 1. The highest BCUT2D eigenvalue weighted by atomic mass is 19.4. The second-order valence-corrected chi connectivity index (χ2v) is 3.68. The number of phenolic OH excluding ortho intramolecular Hbond substituents is 1. The molecule has 0 bridgehead atoms. The number of alkyl halides is 3. The highest BCUT2D eigenvalue weighted by molar-refractivity contribution is 5.75. The van der Waals surface area contributed by atoms with Gasteiger partial charge < -0.3 is 10.8 Å². The van der Waals surface area contributed by atoms with Crippen molar-refractivity contribution in [1.82, 2.24) is 4.98 Å². The van der Waals surface area contributed by atoms with Gasteiger partial charge in [-0.05, 0) is 30.3 Å². The first-order valence-electron chi connectivity index (χ1n) is 5.01. The van der Waals surface area contributed by atoms with E-state index < -0.39 is 11.9 Å². The Bertz CT molecular complexity index is 582. The molecule has 3 nitrogen and oxygen atoms in total. The summed E-state index contributed by atoms with van der Waals surface area (Å²) >= 11 is 0. The zero-order valence-corrected chi connectivity index (χ0v) is 9.07. The first-order chi connectivity index (χ1) is 8.38. The van der Waals surface area contributed by atoms with Crippen LogP contribution in [0.4, 0.5) is 18.9 Å². The van der Waals surface area contributed by atoms with E-state index in [9.17, 15) is 18.3 Å².